The number of ether oxygens (including phenoxy) is 1. The van der Waals surface area contributed by atoms with Crippen molar-refractivity contribution < 1.29 is 14.3 Å². The van der Waals surface area contributed by atoms with Crippen LogP contribution in [0.2, 0.25) is 0 Å². The molecule has 1 saturated heterocycles. The van der Waals surface area contributed by atoms with Gasteiger partial charge in [-0.15, -0.1) is 0 Å². The molecule has 2 rings (SSSR count). The van der Waals surface area contributed by atoms with Gasteiger partial charge in [0.1, 0.15) is 5.60 Å². The second kappa shape index (κ2) is 6.69. The van der Waals surface area contributed by atoms with Gasteiger partial charge < -0.3 is 20.7 Å². The largest absolute Gasteiger partial charge is 0.368 e. The molecule has 1 heterocycles. The van der Waals surface area contributed by atoms with Gasteiger partial charge in [-0.05, 0) is 50.2 Å². The molecule has 0 spiro atoms. The van der Waals surface area contributed by atoms with Crippen LogP contribution in [0.1, 0.15) is 19.8 Å². The maximum atomic E-state index is 12.4. The smallest absolute Gasteiger partial charge is 0.256 e. The van der Waals surface area contributed by atoms with Crippen molar-refractivity contribution in [1.29, 1.82) is 0 Å². The van der Waals surface area contributed by atoms with Crippen molar-refractivity contribution in [3.05, 3.63) is 24.3 Å². The summed E-state index contributed by atoms with van der Waals surface area (Å²) >= 11 is 0. The summed E-state index contributed by atoms with van der Waals surface area (Å²) in [4.78, 5) is 23.4. The summed E-state index contributed by atoms with van der Waals surface area (Å²) in [6, 6.07) is 7.01. The highest BCUT2D eigenvalue weighted by atomic mass is 16.5. The number of rotatable bonds is 4. The number of hydrogen-bond donors (Lipinski definition) is 3. The number of hydrogen-bond acceptors (Lipinski definition) is 4. The molecule has 1 aromatic rings. The lowest BCUT2D eigenvalue weighted by molar-refractivity contribution is -0.140. The Kier molecular flexibility index (Phi) is 4.93. The summed E-state index contributed by atoms with van der Waals surface area (Å²) in [6.45, 7) is 2.99. The van der Waals surface area contributed by atoms with Crippen molar-refractivity contribution in [3.63, 3.8) is 0 Å². The van der Waals surface area contributed by atoms with E-state index in [4.69, 9.17) is 4.74 Å². The van der Waals surface area contributed by atoms with Crippen molar-refractivity contribution >= 4 is 23.2 Å². The van der Waals surface area contributed by atoms with E-state index in [0.29, 0.717) is 24.2 Å². The molecule has 1 aliphatic heterocycles. The van der Waals surface area contributed by atoms with Crippen molar-refractivity contribution in [3.8, 4) is 0 Å². The van der Waals surface area contributed by atoms with Crippen LogP contribution >= 0.6 is 0 Å². The van der Waals surface area contributed by atoms with E-state index < -0.39 is 5.60 Å². The quantitative estimate of drug-likeness (QED) is 0.782. The van der Waals surface area contributed by atoms with Crippen molar-refractivity contribution in [2.24, 2.45) is 0 Å². The Labute approximate surface area is 124 Å². The summed E-state index contributed by atoms with van der Waals surface area (Å²) in [7, 11) is 1.57. The van der Waals surface area contributed by atoms with Gasteiger partial charge >= 0.3 is 0 Å². The lowest BCUT2D eigenvalue weighted by Crippen LogP contribution is -2.51. The van der Waals surface area contributed by atoms with E-state index in [2.05, 4.69) is 16.0 Å². The van der Waals surface area contributed by atoms with E-state index in [0.717, 1.165) is 13.1 Å². The Morgan fingerprint density at radius 1 is 1.10 bits per heavy atom. The number of piperidine rings is 1. The molecule has 0 saturated carbocycles. The van der Waals surface area contributed by atoms with Crippen LogP contribution in [-0.4, -0.2) is 37.6 Å². The Hall–Kier alpha value is -1.92. The normalized spacial score (nSPS) is 17.0. The van der Waals surface area contributed by atoms with E-state index in [1.54, 1.807) is 31.4 Å². The van der Waals surface area contributed by atoms with Crippen LogP contribution in [0.4, 0.5) is 11.4 Å². The van der Waals surface area contributed by atoms with Crippen molar-refractivity contribution in [2.45, 2.75) is 25.4 Å². The molecular weight excluding hydrogens is 270 g/mol. The second-order valence-electron chi connectivity index (χ2n) is 5.16. The van der Waals surface area contributed by atoms with Crippen LogP contribution < -0.4 is 16.0 Å². The van der Waals surface area contributed by atoms with E-state index >= 15 is 0 Å². The van der Waals surface area contributed by atoms with Gasteiger partial charge in [-0.1, -0.05) is 0 Å². The van der Waals surface area contributed by atoms with Gasteiger partial charge in [-0.2, -0.15) is 0 Å². The maximum absolute atomic E-state index is 12.4. The minimum Gasteiger partial charge on any atom is -0.368 e. The fourth-order valence-electron chi connectivity index (χ4n) is 2.44. The molecule has 21 heavy (non-hydrogen) atoms. The molecule has 1 aromatic carbocycles. The fraction of sp³-hybridized carbons (Fsp3) is 0.467. The molecule has 0 aromatic heterocycles. The summed E-state index contributed by atoms with van der Waals surface area (Å²) in [5.74, 6) is -0.251. The zero-order chi connectivity index (χ0) is 15.3. The molecule has 6 nitrogen and oxygen atoms in total. The third-order valence-electron chi connectivity index (χ3n) is 3.68. The van der Waals surface area contributed by atoms with Gasteiger partial charge in [0, 0.05) is 25.4 Å². The van der Waals surface area contributed by atoms with Gasteiger partial charge in [0.15, 0.2) is 0 Å². The zero-order valence-corrected chi connectivity index (χ0v) is 12.4. The average molecular weight is 291 g/mol. The Bertz CT molecular complexity index is 507. The predicted octanol–water partition coefficient (Wildman–Crippen LogP) is 1.35. The minimum absolute atomic E-state index is 0.125. The SMILES string of the molecule is COC1(C(=O)Nc2ccc(NC(C)=O)cc2)CCNCC1. The molecule has 0 aliphatic carbocycles. The van der Waals surface area contributed by atoms with Crippen LogP contribution in [0.5, 0.6) is 0 Å². The van der Waals surface area contributed by atoms with Crippen molar-refractivity contribution in [1.82, 2.24) is 5.32 Å². The Morgan fingerprint density at radius 3 is 2.10 bits per heavy atom. The van der Waals surface area contributed by atoms with Gasteiger partial charge in [0.25, 0.3) is 5.91 Å². The average Bonchev–Trinajstić information content (AvgIpc) is 2.49. The number of benzene rings is 1. The van der Waals surface area contributed by atoms with Crippen LogP contribution in [0.25, 0.3) is 0 Å². The highest BCUT2D eigenvalue weighted by Crippen LogP contribution is 2.25. The zero-order valence-electron chi connectivity index (χ0n) is 12.4. The third kappa shape index (κ3) is 3.80. The molecule has 1 aliphatic rings. The molecule has 0 radical (unpaired) electrons. The third-order valence-corrected chi connectivity index (χ3v) is 3.68. The van der Waals surface area contributed by atoms with E-state index in [-0.39, 0.29) is 11.8 Å². The summed E-state index contributed by atoms with van der Waals surface area (Å²) < 4.78 is 5.48. The van der Waals surface area contributed by atoms with Gasteiger partial charge in [-0.3, -0.25) is 9.59 Å². The first-order valence-electron chi connectivity index (χ1n) is 7.01. The van der Waals surface area contributed by atoms with Crippen LogP contribution in [0, 0.1) is 0 Å². The van der Waals surface area contributed by atoms with Gasteiger partial charge in [0.2, 0.25) is 5.91 Å². The molecule has 114 valence electrons. The Morgan fingerprint density at radius 2 is 1.62 bits per heavy atom. The highest BCUT2D eigenvalue weighted by Gasteiger charge is 2.39. The van der Waals surface area contributed by atoms with E-state index in [9.17, 15) is 9.59 Å². The summed E-state index contributed by atoms with van der Waals surface area (Å²) in [5.41, 5.74) is 0.620. The number of carbonyl (C=O) groups is 2. The van der Waals surface area contributed by atoms with Gasteiger partial charge in [-0.25, -0.2) is 0 Å². The highest BCUT2D eigenvalue weighted by molar-refractivity contribution is 5.97. The number of anilines is 2. The Balaban J connectivity index is 2.03. The maximum Gasteiger partial charge on any atom is 0.256 e. The summed E-state index contributed by atoms with van der Waals surface area (Å²) in [5, 5.41) is 8.78. The predicted molar refractivity (Wildman–Crippen MR) is 81.2 cm³/mol. The van der Waals surface area contributed by atoms with Gasteiger partial charge in [0.05, 0.1) is 0 Å². The van der Waals surface area contributed by atoms with Crippen molar-refractivity contribution in [2.75, 3.05) is 30.8 Å². The number of nitrogens with one attached hydrogen (secondary N) is 3. The monoisotopic (exact) mass is 291 g/mol. The van der Waals surface area contributed by atoms with Crippen LogP contribution in [0.3, 0.4) is 0 Å². The minimum atomic E-state index is -0.762. The fourth-order valence-corrected chi connectivity index (χ4v) is 2.44. The molecular formula is C15H21N3O3. The lowest BCUT2D eigenvalue weighted by atomic mass is 9.91. The molecule has 0 unspecified atom stereocenters. The lowest BCUT2D eigenvalue weighted by Gasteiger charge is -2.34. The molecule has 6 heteroatoms. The first-order chi connectivity index (χ1) is 10.1. The number of methoxy groups -OCH3 is 1. The van der Waals surface area contributed by atoms with E-state index in [1.165, 1.54) is 6.92 Å². The number of carbonyl (C=O) groups excluding carboxylic acids is 2. The molecule has 2 amide bonds. The molecule has 0 bridgehead atoms. The molecule has 1 fully saturated rings. The standard InChI is InChI=1S/C15H21N3O3/c1-11(19)17-12-3-5-13(6-4-12)18-14(20)15(21-2)7-9-16-10-8-15/h3-6,16H,7-10H2,1-2H3,(H,17,19)(H,18,20). The summed E-state index contributed by atoms with van der Waals surface area (Å²) in [6.07, 6.45) is 1.30. The van der Waals surface area contributed by atoms with Crippen LogP contribution in [-0.2, 0) is 14.3 Å². The topological polar surface area (TPSA) is 79.5 Å². The molecule has 0 atom stereocenters. The van der Waals surface area contributed by atoms with Crippen LogP contribution in [0.15, 0.2) is 24.3 Å². The van der Waals surface area contributed by atoms with E-state index in [1.807, 2.05) is 0 Å². The molecule has 3 N–H and O–H groups in total. The second-order valence-corrected chi connectivity index (χ2v) is 5.16. The number of amides is 2. The first kappa shape index (κ1) is 15.5. The first-order valence-corrected chi connectivity index (χ1v) is 7.01.